The Morgan fingerprint density at radius 2 is 0.500 bits per heavy atom. The van der Waals surface area contributed by atoms with Gasteiger partial charge in [-0.1, -0.05) is 0 Å². The minimum atomic E-state index is -3.79. The Morgan fingerprint density at radius 1 is 0.500 bits per heavy atom. The van der Waals surface area contributed by atoms with Gasteiger partial charge in [-0.15, -0.1) is 0 Å². The predicted molar refractivity (Wildman–Crippen MR) is 13.6 cm³/mol. The van der Waals surface area contributed by atoms with Gasteiger partial charge in [-0.25, -0.2) is 0 Å². The first-order chi connectivity index (χ1) is 5.20. The summed E-state index contributed by atoms with van der Waals surface area (Å²) < 4.78 is 76.9. The van der Waals surface area contributed by atoms with Gasteiger partial charge in [0.1, 0.15) is 0 Å². The van der Waals surface area contributed by atoms with Crippen LogP contribution in [0.15, 0.2) is 0 Å². The summed E-state index contributed by atoms with van der Waals surface area (Å²) in [6, 6.07) is 0. The van der Waals surface area contributed by atoms with E-state index in [-0.39, 0.29) is 34.7 Å². The fourth-order valence-electron chi connectivity index (χ4n) is 0. The molecular formula is Al2Cr3O9. The van der Waals surface area contributed by atoms with E-state index in [4.69, 9.17) is 36.4 Å². The molecule has 0 N–H and O–H groups in total. The third-order valence-corrected chi connectivity index (χ3v) is 0. The Bertz CT molecular complexity index is 116. The van der Waals surface area contributed by atoms with Crippen molar-refractivity contribution in [3.05, 3.63) is 0 Å². The Balaban J connectivity index is -0.0000000270. The van der Waals surface area contributed by atoms with Crippen LogP contribution in [0.5, 0.6) is 0 Å². The van der Waals surface area contributed by atoms with Crippen molar-refractivity contribution in [2.24, 2.45) is 0 Å². The molecule has 0 heterocycles. The number of hydrogen-bond donors (Lipinski definition) is 0. The third-order valence-electron chi connectivity index (χ3n) is 0. The minimum absolute atomic E-state index is 0. The van der Waals surface area contributed by atoms with Crippen LogP contribution in [-0.4, -0.2) is 34.7 Å². The Hall–Kier alpha value is 1.82. The van der Waals surface area contributed by atoms with Crippen molar-refractivity contribution in [3.63, 3.8) is 0 Å². The summed E-state index contributed by atoms with van der Waals surface area (Å²) >= 11 is -11.4. The molecule has 0 saturated carbocycles. The molecule has 0 aromatic heterocycles. The van der Waals surface area contributed by atoms with Gasteiger partial charge in [-0.05, 0) is 0 Å². The van der Waals surface area contributed by atoms with Gasteiger partial charge >= 0.3 is 115 Å². The molecule has 0 fully saturated rings. The Kier molecular flexibility index (Phi) is 51.3. The molecule has 0 rings (SSSR count). The quantitative estimate of drug-likeness (QED) is 0.380. The van der Waals surface area contributed by atoms with E-state index < -0.39 is 44.3 Å². The normalized spacial score (nSPS) is 7.50. The number of hydrogen-bond acceptors (Lipinski definition) is 9. The van der Waals surface area contributed by atoms with Crippen LogP contribution < -0.4 is 24.9 Å². The first-order valence-electron chi connectivity index (χ1n) is 1.50. The molecule has 0 radical (unpaired) electrons. The van der Waals surface area contributed by atoms with Gasteiger partial charge in [0.05, 0.1) is 0 Å². The van der Waals surface area contributed by atoms with E-state index in [2.05, 4.69) is 0 Å². The van der Waals surface area contributed by atoms with E-state index in [9.17, 15) is 0 Å². The SMILES string of the molecule is [Al+3].[Al+3].[O]=[Cr]([O-])[O-].[O]=[Cr]([O-])[O-].[O]=[Cr]([O-])[O-]. The summed E-state index contributed by atoms with van der Waals surface area (Å²) in [5.41, 5.74) is 0. The van der Waals surface area contributed by atoms with E-state index in [1.165, 1.54) is 0 Å². The molecule has 14 heavy (non-hydrogen) atoms. The zero-order valence-electron chi connectivity index (χ0n) is 6.05. The van der Waals surface area contributed by atoms with Crippen LogP contribution in [-0.2, 0) is 55.7 Å². The molecule has 0 atom stereocenters. The molecule has 0 aliphatic carbocycles. The molecule has 78 valence electrons. The standard InChI is InChI=1S/2Al.3Cr.9O/q2*+3;;;;;;;6*-1. The van der Waals surface area contributed by atoms with Gasteiger partial charge in [0.15, 0.2) is 0 Å². The van der Waals surface area contributed by atoms with Crippen molar-refractivity contribution in [2.45, 2.75) is 0 Å². The first-order valence-corrected chi connectivity index (χ1v) is 6.18. The van der Waals surface area contributed by atoms with Crippen LogP contribution in [0.25, 0.3) is 0 Å². The summed E-state index contributed by atoms with van der Waals surface area (Å²) in [6.45, 7) is 0. The van der Waals surface area contributed by atoms with Crippen LogP contribution in [0.3, 0.4) is 0 Å². The van der Waals surface area contributed by atoms with E-state index in [0.717, 1.165) is 0 Å². The summed E-state index contributed by atoms with van der Waals surface area (Å²) in [5.74, 6) is 0. The van der Waals surface area contributed by atoms with Crippen LogP contribution in [0.1, 0.15) is 0 Å². The van der Waals surface area contributed by atoms with E-state index >= 15 is 0 Å². The molecule has 0 aliphatic heterocycles. The Labute approximate surface area is 114 Å². The molecule has 0 saturated heterocycles. The molecule has 0 amide bonds. The van der Waals surface area contributed by atoms with Crippen LogP contribution in [0.2, 0.25) is 0 Å². The van der Waals surface area contributed by atoms with Crippen LogP contribution in [0, 0.1) is 0 Å². The first kappa shape index (κ1) is 29.7. The van der Waals surface area contributed by atoms with Crippen LogP contribution >= 0.6 is 0 Å². The van der Waals surface area contributed by atoms with Crippen molar-refractivity contribution in [1.29, 1.82) is 0 Å². The van der Waals surface area contributed by atoms with Crippen LogP contribution in [0.4, 0.5) is 0 Å². The fourth-order valence-corrected chi connectivity index (χ4v) is 0. The molecule has 9 nitrogen and oxygen atoms in total. The summed E-state index contributed by atoms with van der Waals surface area (Å²) in [5, 5.41) is 0. The van der Waals surface area contributed by atoms with Gasteiger partial charge in [-0.3, -0.25) is 0 Å². The summed E-state index contributed by atoms with van der Waals surface area (Å²) in [6.07, 6.45) is 0. The molecular weight excluding hydrogens is 354 g/mol. The number of rotatable bonds is 0. The van der Waals surface area contributed by atoms with E-state index in [1.807, 2.05) is 0 Å². The molecule has 0 spiro atoms. The summed E-state index contributed by atoms with van der Waals surface area (Å²) in [4.78, 5) is 0. The van der Waals surface area contributed by atoms with Crippen molar-refractivity contribution in [1.82, 2.24) is 0 Å². The van der Waals surface area contributed by atoms with E-state index in [1.54, 1.807) is 0 Å². The van der Waals surface area contributed by atoms with Crippen molar-refractivity contribution < 1.29 is 80.6 Å². The van der Waals surface area contributed by atoms with Gasteiger partial charge in [0.25, 0.3) is 0 Å². The second-order valence-electron chi connectivity index (χ2n) is 0.612. The third kappa shape index (κ3) is 684. The monoisotopic (exact) mass is 354 g/mol. The molecule has 0 aliphatic rings. The molecule has 0 aromatic rings. The van der Waals surface area contributed by atoms with Crippen molar-refractivity contribution in [2.75, 3.05) is 0 Å². The maximum absolute atomic E-state index is 8.54. The average molecular weight is 354 g/mol. The molecule has 0 aromatic carbocycles. The Morgan fingerprint density at radius 3 is 0.500 bits per heavy atom. The van der Waals surface area contributed by atoms with Crippen molar-refractivity contribution in [3.8, 4) is 0 Å². The predicted octanol–water partition coefficient (Wildman–Crippen LogP) is -8.26. The average Bonchev–Trinajstić information content (AvgIpc) is 1.54. The second-order valence-corrected chi connectivity index (χ2v) is 2.52. The zero-order chi connectivity index (χ0) is 10.7. The maximum atomic E-state index is 8.54. The van der Waals surface area contributed by atoms with Gasteiger partial charge in [0, 0.05) is 0 Å². The van der Waals surface area contributed by atoms with Gasteiger partial charge in [0.2, 0.25) is 0 Å². The molecule has 14 heteroatoms. The van der Waals surface area contributed by atoms with Gasteiger partial charge in [-0.2, -0.15) is 0 Å². The summed E-state index contributed by atoms with van der Waals surface area (Å²) in [7, 11) is 0. The van der Waals surface area contributed by atoms with Crippen molar-refractivity contribution >= 4 is 34.7 Å². The second kappa shape index (κ2) is 24.2. The van der Waals surface area contributed by atoms with Gasteiger partial charge < -0.3 is 0 Å². The fraction of sp³-hybridized carbons (Fsp3) is 0. The zero-order valence-corrected chi connectivity index (χ0v) is 12.2. The molecule has 0 bridgehead atoms. The van der Waals surface area contributed by atoms with E-state index in [0.29, 0.717) is 0 Å². The topological polar surface area (TPSA) is 190 Å². The molecule has 0 unspecified atom stereocenters.